The molecule has 0 aromatic heterocycles. The number of aliphatic carboxylic acids is 1. The first-order valence-corrected chi connectivity index (χ1v) is 11.2. The van der Waals surface area contributed by atoms with Crippen LogP contribution >= 0.6 is 11.8 Å². The molecule has 31 heavy (non-hydrogen) atoms. The highest BCUT2D eigenvalue weighted by atomic mass is 32.2. The van der Waals surface area contributed by atoms with Crippen molar-refractivity contribution in [3.8, 4) is 0 Å². The minimum atomic E-state index is -1.14. The molecule has 0 saturated carbocycles. The van der Waals surface area contributed by atoms with Gasteiger partial charge >= 0.3 is 11.9 Å². The van der Waals surface area contributed by atoms with Crippen molar-refractivity contribution >= 4 is 34.7 Å². The maximum absolute atomic E-state index is 13.1. The number of hydrogen-bond acceptors (Lipinski definition) is 7. The average molecular weight is 450 g/mol. The fraction of sp³-hybridized carbons (Fsp3) is 0.545. The molecule has 3 atom stereocenters. The molecule has 0 fully saturated rings. The SMILES string of the molecule is CCOC(=O)[C@H](CCc1ccccc1)NC(C)C(=O)N1N=C(C(C)(C)C)S[C@H]1C(=O)O. The van der Waals surface area contributed by atoms with Crippen molar-refractivity contribution in [1.29, 1.82) is 0 Å². The lowest BCUT2D eigenvalue weighted by Crippen LogP contribution is -2.52. The molecule has 0 radical (unpaired) electrons. The number of rotatable bonds is 9. The average Bonchev–Trinajstić information content (AvgIpc) is 3.17. The number of carboxylic acids is 1. The first-order valence-electron chi connectivity index (χ1n) is 10.3. The summed E-state index contributed by atoms with van der Waals surface area (Å²) in [6.45, 7) is 9.29. The normalized spacial score (nSPS) is 18.3. The van der Waals surface area contributed by atoms with Crippen molar-refractivity contribution in [2.24, 2.45) is 10.5 Å². The summed E-state index contributed by atoms with van der Waals surface area (Å²) in [4.78, 5) is 37.2. The number of thioether (sulfide) groups is 1. The second-order valence-electron chi connectivity index (χ2n) is 8.36. The van der Waals surface area contributed by atoms with Crippen LogP contribution in [0.25, 0.3) is 0 Å². The number of carbonyl (C=O) groups excluding carboxylic acids is 2. The van der Waals surface area contributed by atoms with E-state index in [1.54, 1.807) is 13.8 Å². The van der Waals surface area contributed by atoms with Crippen LogP contribution in [0.2, 0.25) is 0 Å². The van der Waals surface area contributed by atoms with Gasteiger partial charge in [0.2, 0.25) is 5.37 Å². The van der Waals surface area contributed by atoms with Crippen LogP contribution in [0.1, 0.15) is 46.6 Å². The van der Waals surface area contributed by atoms with E-state index in [1.807, 2.05) is 51.1 Å². The van der Waals surface area contributed by atoms with E-state index in [-0.39, 0.29) is 12.0 Å². The van der Waals surface area contributed by atoms with Crippen LogP contribution in [0.5, 0.6) is 0 Å². The molecular weight excluding hydrogens is 418 g/mol. The predicted molar refractivity (Wildman–Crippen MR) is 121 cm³/mol. The number of nitrogens with one attached hydrogen (secondary N) is 1. The third-order valence-corrected chi connectivity index (χ3v) is 6.22. The number of amides is 1. The number of benzene rings is 1. The van der Waals surface area contributed by atoms with Gasteiger partial charge in [-0.1, -0.05) is 62.9 Å². The number of ether oxygens (including phenoxy) is 1. The number of nitrogens with zero attached hydrogens (tertiary/aromatic N) is 2. The van der Waals surface area contributed by atoms with Crippen LogP contribution in [0.4, 0.5) is 0 Å². The molecule has 9 heteroatoms. The summed E-state index contributed by atoms with van der Waals surface area (Å²) in [5, 5.41) is 17.3. The monoisotopic (exact) mass is 449 g/mol. The summed E-state index contributed by atoms with van der Waals surface area (Å²) >= 11 is 1.06. The molecule has 1 unspecified atom stereocenters. The van der Waals surface area contributed by atoms with Gasteiger partial charge in [-0.15, -0.1) is 0 Å². The van der Waals surface area contributed by atoms with E-state index in [2.05, 4.69) is 10.4 Å². The molecule has 1 aliphatic heterocycles. The summed E-state index contributed by atoms with van der Waals surface area (Å²) in [7, 11) is 0. The van der Waals surface area contributed by atoms with Crippen molar-refractivity contribution in [2.75, 3.05) is 6.61 Å². The van der Waals surface area contributed by atoms with Gasteiger partial charge in [0.15, 0.2) is 0 Å². The van der Waals surface area contributed by atoms with Gasteiger partial charge in [0.1, 0.15) is 11.1 Å². The Balaban J connectivity index is 2.13. The topological polar surface area (TPSA) is 108 Å². The quantitative estimate of drug-likeness (QED) is 0.558. The van der Waals surface area contributed by atoms with Crippen LogP contribution in [-0.4, -0.2) is 57.1 Å². The minimum Gasteiger partial charge on any atom is -0.479 e. The van der Waals surface area contributed by atoms with E-state index < -0.39 is 35.3 Å². The molecule has 8 nitrogen and oxygen atoms in total. The number of hydrazone groups is 1. The van der Waals surface area contributed by atoms with Crippen molar-refractivity contribution in [1.82, 2.24) is 10.3 Å². The van der Waals surface area contributed by atoms with E-state index >= 15 is 0 Å². The third-order valence-electron chi connectivity index (χ3n) is 4.68. The standard InChI is InChI=1S/C22H31N3O5S/c1-6-30-20(29)16(13-12-15-10-8-7-9-11-15)23-14(2)17(26)25-18(19(27)28)31-21(24-25)22(3,4)5/h7-11,14,16,18,23H,6,12-13H2,1-5H3,(H,27,28)/t14?,16-,18-/m0/s1. The molecule has 0 bridgehead atoms. The number of esters is 1. The molecule has 1 heterocycles. The highest BCUT2D eigenvalue weighted by molar-refractivity contribution is 8.15. The zero-order valence-electron chi connectivity index (χ0n) is 18.6. The van der Waals surface area contributed by atoms with Crippen LogP contribution in [-0.2, 0) is 25.5 Å². The molecular formula is C22H31N3O5S. The highest BCUT2D eigenvalue weighted by Crippen LogP contribution is 2.35. The van der Waals surface area contributed by atoms with Crippen LogP contribution in [0.15, 0.2) is 35.4 Å². The molecule has 2 rings (SSSR count). The summed E-state index contributed by atoms with van der Waals surface area (Å²) in [5.74, 6) is -2.09. The fourth-order valence-electron chi connectivity index (χ4n) is 3.02. The van der Waals surface area contributed by atoms with Gasteiger partial charge in [0, 0.05) is 5.41 Å². The van der Waals surface area contributed by atoms with Gasteiger partial charge < -0.3 is 9.84 Å². The van der Waals surface area contributed by atoms with Crippen molar-refractivity contribution < 1.29 is 24.2 Å². The van der Waals surface area contributed by atoms with E-state index in [9.17, 15) is 19.5 Å². The van der Waals surface area contributed by atoms with Gasteiger partial charge in [-0.2, -0.15) is 5.10 Å². The summed E-state index contributed by atoms with van der Waals surface area (Å²) in [6, 6.07) is 8.19. The maximum atomic E-state index is 13.1. The number of aryl methyl sites for hydroxylation is 1. The number of hydrogen-bond donors (Lipinski definition) is 2. The lowest BCUT2D eigenvalue weighted by molar-refractivity contribution is -0.149. The molecule has 170 valence electrons. The molecule has 2 N–H and O–H groups in total. The lowest BCUT2D eigenvalue weighted by atomic mass is 9.99. The van der Waals surface area contributed by atoms with E-state index in [0.717, 1.165) is 22.3 Å². The fourth-order valence-corrected chi connectivity index (χ4v) is 4.07. The molecule has 1 aromatic rings. The predicted octanol–water partition coefficient (Wildman–Crippen LogP) is 2.87. The smallest absolute Gasteiger partial charge is 0.339 e. The Morgan fingerprint density at radius 2 is 1.90 bits per heavy atom. The highest BCUT2D eigenvalue weighted by Gasteiger charge is 2.42. The Morgan fingerprint density at radius 3 is 2.45 bits per heavy atom. The zero-order valence-corrected chi connectivity index (χ0v) is 19.4. The molecule has 0 saturated heterocycles. The van der Waals surface area contributed by atoms with Crippen molar-refractivity contribution in [3.05, 3.63) is 35.9 Å². The van der Waals surface area contributed by atoms with Gasteiger partial charge in [0.25, 0.3) is 5.91 Å². The number of carbonyl (C=O) groups is 3. The summed E-state index contributed by atoms with van der Waals surface area (Å²) in [5.41, 5.74) is 0.687. The Labute approximate surface area is 187 Å². The second-order valence-corrected chi connectivity index (χ2v) is 9.43. The van der Waals surface area contributed by atoms with Gasteiger partial charge in [-0.05, 0) is 32.3 Å². The lowest BCUT2D eigenvalue weighted by Gasteiger charge is -2.25. The van der Waals surface area contributed by atoms with E-state index in [4.69, 9.17) is 4.74 Å². The largest absolute Gasteiger partial charge is 0.479 e. The Bertz CT molecular complexity index is 822. The molecule has 1 aromatic carbocycles. The molecule has 1 aliphatic rings. The number of carboxylic acid groups (broad SMARTS) is 1. The summed E-state index contributed by atoms with van der Waals surface area (Å²) in [6.07, 6.45) is 1.07. The molecule has 0 spiro atoms. The first-order chi connectivity index (χ1) is 14.5. The molecule has 0 aliphatic carbocycles. The Hall–Kier alpha value is -2.39. The minimum absolute atomic E-state index is 0.230. The van der Waals surface area contributed by atoms with Crippen molar-refractivity contribution in [3.63, 3.8) is 0 Å². The van der Waals surface area contributed by atoms with Crippen LogP contribution < -0.4 is 5.32 Å². The molecule has 1 amide bonds. The second kappa shape index (κ2) is 10.8. The summed E-state index contributed by atoms with van der Waals surface area (Å²) < 4.78 is 5.17. The van der Waals surface area contributed by atoms with Gasteiger partial charge in [-0.25, -0.2) is 9.80 Å². The van der Waals surface area contributed by atoms with E-state index in [1.165, 1.54) is 0 Å². The third kappa shape index (κ3) is 6.80. The van der Waals surface area contributed by atoms with Crippen LogP contribution in [0.3, 0.4) is 0 Å². The Morgan fingerprint density at radius 1 is 1.26 bits per heavy atom. The first kappa shape index (κ1) is 24.9. The van der Waals surface area contributed by atoms with Gasteiger partial charge in [0.05, 0.1) is 12.6 Å². The zero-order chi connectivity index (χ0) is 23.2. The van der Waals surface area contributed by atoms with E-state index in [0.29, 0.717) is 17.9 Å². The Kier molecular flexibility index (Phi) is 8.64. The maximum Gasteiger partial charge on any atom is 0.339 e. The van der Waals surface area contributed by atoms with Crippen LogP contribution in [0, 0.1) is 5.41 Å². The van der Waals surface area contributed by atoms with Crippen molar-refractivity contribution in [2.45, 2.75) is 64.9 Å². The van der Waals surface area contributed by atoms with Gasteiger partial charge in [-0.3, -0.25) is 14.9 Å².